The smallest absolute Gasteiger partial charge is 0.336 e. The molecule has 0 aliphatic rings. The summed E-state index contributed by atoms with van der Waals surface area (Å²) in [6, 6.07) is 11.9. The van der Waals surface area contributed by atoms with E-state index in [2.05, 4.69) is 26.1 Å². The van der Waals surface area contributed by atoms with Gasteiger partial charge in [-0.25, -0.2) is 0 Å². The number of rotatable bonds is 6. The van der Waals surface area contributed by atoms with Crippen molar-refractivity contribution < 1.29 is 27.6 Å². The average Bonchev–Trinajstić information content (AvgIpc) is 2.70. The lowest BCUT2D eigenvalue weighted by molar-refractivity contribution is -0.175. The summed E-state index contributed by atoms with van der Waals surface area (Å²) in [7, 11) is 0. The maximum atomic E-state index is 13.1. The van der Waals surface area contributed by atoms with Gasteiger partial charge in [0.05, 0.1) is 5.69 Å². The molecule has 32 heavy (non-hydrogen) atoms. The van der Waals surface area contributed by atoms with E-state index >= 15 is 0 Å². The number of hydrogen-bond acceptors (Lipinski definition) is 3. The minimum atomic E-state index is -5.11. The van der Waals surface area contributed by atoms with Gasteiger partial charge in [-0.1, -0.05) is 71.0 Å². The van der Waals surface area contributed by atoms with Crippen LogP contribution in [0.4, 0.5) is 18.9 Å². The number of para-hydroxylation sites is 1. The number of carbonyl (C=O) groups excluding carboxylic acids is 3. The number of amides is 2. The summed E-state index contributed by atoms with van der Waals surface area (Å²) in [6.45, 7) is 9.18. The van der Waals surface area contributed by atoms with Gasteiger partial charge in [-0.05, 0) is 29.0 Å². The van der Waals surface area contributed by atoms with Crippen molar-refractivity contribution in [2.24, 2.45) is 5.92 Å². The highest BCUT2D eigenvalue weighted by atomic mass is 19.4. The van der Waals surface area contributed by atoms with Crippen LogP contribution in [-0.2, 0) is 15.0 Å². The van der Waals surface area contributed by atoms with Gasteiger partial charge in [-0.15, -0.1) is 0 Å². The summed E-state index contributed by atoms with van der Waals surface area (Å²) >= 11 is 0. The van der Waals surface area contributed by atoms with E-state index in [1.807, 2.05) is 12.1 Å². The van der Waals surface area contributed by atoms with E-state index in [1.54, 1.807) is 29.6 Å². The second-order valence-electron chi connectivity index (χ2n) is 8.88. The Bertz CT molecular complexity index is 991. The Hall–Kier alpha value is -3.16. The Morgan fingerprint density at radius 1 is 0.875 bits per heavy atom. The molecule has 8 heteroatoms. The first-order chi connectivity index (χ1) is 14.7. The topological polar surface area (TPSA) is 75.3 Å². The fourth-order valence-electron chi connectivity index (χ4n) is 3.04. The molecule has 2 N–H and O–H groups in total. The van der Waals surface area contributed by atoms with Crippen molar-refractivity contribution in [1.29, 1.82) is 0 Å². The van der Waals surface area contributed by atoms with Crippen LogP contribution in [0.25, 0.3) is 0 Å². The van der Waals surface area contributed by atoms with Gasteiger partial charge in [-0.3, -0.25) is 14.4 Å². The van der Waals surface area contributed by atoms with Crippen LogP contribution in [0.1, 0.15) is 56.1 Å². The van der Waals surface area contributed by atoms with Gasteiger partial charge in [0, 0.05) is 11.1 Å². The zero-order valence-electron chi connectivity index (χ0n) is 18.6. The number of benzene rings is 2. The molecule has 0 saturated carbocycles. The highest BCUT2D eigenvalue weighted by Gasteiger charge is 2.41. The molecule has 0 spiro atoms. The second-order valence-corrected chi connectivity index (χ2v) is 8.88. The number of alkyl halides is 3. The monoisotopic (exact) mass is 448 g/mol. The van der Waals surface area contributed by atoms with Crippen molar-refractivity contribution >= 4 is 23.3 Å². The van der Waals surface area contributed by atoms with Gasteiger partial charge >= 0.3 is 12.1 Å². The number of halogens is 3. The lowest BCUT2D eigenvalue weighted by Gasteiger charge is -2.23. The summed E-state index contributed by atoms with van der Waals surface area (Å²) in [4.78, 5) is 37.1. The largest absolute Gasteiger partial charge is 0.471 e. The number of nitrogens with one attached hydrogen (secondary N) is 2. The molecule has 2 aromatic rings. The minimum Gasteiger partial charge on any atom is -0.336 e. The molecule has 0 radical (unpaired) electrons. The van der Waals surface area contributed by atoms with Gasteiger partial charge in [0.1, 0.15) is 6.04 Å². The van der Waals surface area contributed by atoms with Crippen LogP contribution in [-0.4, -0.2) is 29.8 Å². The van der Waals surface area contributed by atoms with Crippen LogP contribution < -0.4 is 10.6 Å². The van der Waals surface area contributed by atoms with E-state index < -0.39 is 30.0 Å². The molecule has 2 rings (SSSR count). The molecular formula is C24H27F3N2O3. The van der Waals surface area contributed by atoms with Crippen molar-refractivity contribution in [1.82, 2.24) is 5.32 Å². The predicted molar refractivity (Wildman–Crippen MR) is 116 cm³/mol. The Balaban J connectivity index is 2.28. The molecule has 0 aliphatic carbocycles. The van der Waals surface area contributed by atoms with Crippen LogP contribution in [0.5, 0.6) is 0 Å². The van der Waals surface area contributed by atoms with Crippen LogP contribution in [0.2, 0.25) is 0 Å². The SMILES string of the molecule is CC(C)C(NC(=O)C(F)(F)F)C(=O)Nc1ccccc1C(=O)c1ccc(C(C)(C)C)cc1. The van der Waals surface area contributed by atoms with Crippen LogP contribution in [0.3, 0.4) is 0 Å². The Morgan fingerprint density at radius 3 is 1.94 bits per heavy atom. The maximum absolute atomic E-state index is 13.1. The van der Waals surface area contributed by atoms with E-state index in [9.17, 15) is 27.6 Å². The molecule has 0 heterocycles. The summed E-state index contributed by atoms with van der Waals surface area (Å²) in [6.07, 6.45) is -5.11. The summed E-state index contributed by atoms with van der Waals surface area (Å²) in [5.41, 5.74) is 1.71. The summed E-state index contributed by atoms with van der Waals surface area (Å²) < 4.78 is 37.9. The first-order valence-electron chi connectivity index (χ1n) is 10.1. The van der Waals surface area contributed by atoms with Crippen molar-refractivity contribution in [3.05, 3.63) is 65.2 Å². The number of anilines is 1. The van der Waals surface area contributed by atoms with Crippen LogP contribution >= 0.6 is 0 Å². The standard InChI is InChI=1S/C24H27F3N2O3/c1-14(2)19(29-22(32)24(25,26)27)21(31)28-18-9-7-6-8-17(18)20(30)15-10-12-16(13-11-15)23(3,4)5/h6-14,19H,1-5H3,(H,28,31)(H,29,32). The zero-order valence-corrected chi connectivity index (χ0v) is 18.6. The van der Waals surface area contributed by atoms with Gasteiger partial charge in [0.2, 0.25) is 5.91 Å². The summed E-state index contributed by atoms with van der Waals surface area (Å²) in [5.74, 6) is -4.01. The highest BCUT2D eigenvalue weighted by Crippen LogP contribution is 2.25. The van der Waals surface area contributed by atoms with Gasteiger partial charge in [0.25, 0.3) is 0 Å². The zero-order chi connectivity index (χ0) is 24.3. The maximum Gasteiger partial charge on any atom is 0.471 e. The molecule has 172 valence electrons. The molecule has 0 fully saturated rings. The van der Waals surface area contributed by atoms with Crippen molar-refractivity contribution in [2.45, 2.75) is 52.3 Å². The lowest BCUT2D eigenvalue weighted by atomic mass is 9.86. The van der Waals surface area contributed by atoms with Crippen molar-refractivity contribution in [3.63, 3.8) is 0 Å². The minimum absolute atomic E-state index is 0.0832. The lowest BCUT2D eigenvalue weighted by Crippen LogP contribution is -2.51. The normalized spacial score (nSPS) is 12.9. The molecule has 0 saturated heterocycles. The van der Waals surface area contributed by atoms with Crippen molar-refractivity contribution in [2.75, 3.05) is 5.32 Å². The van der Waals surface area contributed by atoms with E-state index in [-0.39, 0.29) is 22.4 Å². The average molecular weight is 448 g/mol. The third-order valence-corrected chi connectivity index (χ3v) is 4.94. The van der Waals surface area contributed by atoms with Crippen molar-refractivity contribution in [3.8, 4) is 0 Å². The number of ketones is 1. The molecule has 5 nitrogen and oxygen atoms in total. The Kier molecular flexibility index (Phi) is 7.49. The van der Waals surface area contributed by atoms with E-state index in [0.29, 0.717) is 5.56 Å². The fraction of sp³-hybridized carbons (Fsp3) is 0.375. The fourth-order valence-corrected chi connectivity index (χ4v) is 3.04. The molecule has 2 amide bonds. The molecule has 0 bridgehead atoms. The molecule has 1 unspecified atom stereocenters. The van der Waals surface area contributed by atoms with Crippen LogP contribution in [0, 0.1) is 5.92 Å². The van der Waals surface area contributed by atoms with E-state index in [0.717, 1.165) is 5.56 Å². The molecular weight excluding hydrogens is 421 g/mol. The molecule has 0 aromatic heterocycles. The quantitative estimate of drug-likeness (QED) is 0.620. The third kappa shape index (κ3) is 6.18. The van der Waals surface area contributed by atoms with Gasteiger partial charge in [0.15, 0.2) is 5.78 Å². The number of carbonyl (C=O) groups is 3. The molecule has 0 aliphatic heterocycles. The van der Waals surface area contributed by atoms with E-state index in [4.69, 9.17) is 0 Å². The summed E-state index contributed by atoms with van der Waals surface area (Å²) in [5, 5.41) is 4.21. The molecule has 1 atom stereocenters. The first-order valence-corrected chi connectivity index (χ1v) is 10.1. The number of hydrogen-bond donors (Lipinski definition) is 2. The Labute approximate surface area is 185 Å². The van der Waals surface area contributed by atoms with E-state index in [1.165, 1.54) is 26.0 Å². The highest BCUT2D eigenvalue weighted by molar-refractivity contribution is 6.14. The molecule has 2 aromatic carbocycles. The Morgan fingerprint density at radius 2 is 1.44 bits per heavy atom. The van der Waals surface area contributed by atoms with Crippen LogP contribution in [0.15, 0.2) is 48.5 Å². The van der Waals surface area contributed by atoms with Gasteiger partial charge < -0.3 is 10.6 Å². The van der Waals surface area contributed by atoms with Gasteiger partial charge in [-0.2, -0.15) is 13.2 Å². The second kappa shape index (κ2) is 9.54. The predicted octanol–water partition coefficient (Wildman–Crippen LogP) is 4.86. The first kappa shape index (κ1) is 25.1. The third-order valence-electron chi connectivity index (χ3n) is 4.94.